The van der Waals surface area contributed by atoms with Crippen LogP contribution in [0.1, 0.15) is 23.6 Å². The number of nitrogens with one attached hydrogen (secondary N) is 1. The van der Waals surface area contributed by atoms with Gasteiger partial charge < -0.3 is 5.32 Å². The first kappa shape index (κ1) is 19.4. The summed E-state index contributed by atoms with van der Waals surface area (Å²) in [6.45, 7) is 3.50. The largest absolute Gasteiger partial charge is 0.351 e. The van der Waals surface area contributed by atoms with Gasteiger partial charge in [-0.3, -0.25) is 4.79 Å². The summed E-state index contributed by atoms with van der Waals surface area (Å²) in [6.07, 6.45) is 0. The molecule has 0 aliphatic rings. The molecule has 25 heavy (non-hydrogen) atoms. The minimum absolute atomic E-state index is 0.0242. The number of amides is 1. The van der Waals surface area contributed by atoms with Crippen molar-refractivity contribution in [1.82, 2.24) is 5.32 Å². The maximum atomic E-state index is 13.1. The normalized spacial score (nSPS) is 12.6. The molecular weight excluding hydrogens is 365 g/mol. The Morgan fingerprint density at radius 2 is 1.88 bits per heavy atom. The molecule has 0 aliphatic heterocycles. The van der Waals surface area contributed by atoms with Gasteiger partial charge in [-0.05, 0) is 42.7 Å². The number of halogens is 2. The standard InChI is InChI=1S/C18H19ClFNO3S/c1-12-5-3-4-6-14(12)10-21-18(22)13(2)25(23,24)11-15-7-8-16(20)9-17(15)19/h3-9,13H,10-11H2,1-2H3,(H,21,22). The van der Waals surface area contributed by atoms with Crippen LogP contribution in [-0.2, 0) is 26.9 Å². The van der Waals surface area contributed by atoms with E-state index in [1.807, 2.05) is 31.2 Å². The van der Waals surface area contributed by atoms with E-state index in [1.54, 1.807) is 0 Å². The van der Waals surface area contributed by atoms with Crippen LogP contribution in [0.4, 0.5) is 4.39 Å². The fourth-order valence-electron chi connectivity index (χ4n) is 2.28. The van der Waals surface area contributed by atoms with Crippen LogP contribution in [0.2, 0.25) is 5.02 Å². The highest BCUT2D eigenvalue weighted by molar-refractivity contribution is 7.92. The molecule has 2 aromatic carbocycles. The minimum atomic E-state index is -3.78. The second-order valence-corrected chi connectivity index (χ2v) is 8.56. The first-order valence-electron chi connectivity index (χ1n) is 7.68. The molecule has 1 unspecified atom stereocenters. The highest BCUT2D eigenvalue weighted by atomic mass is 35.5. The molecule has 1 atom stereocenters. The van der Waals surface area contributed by atoms with E-state index in [0.29, 0.717) is 0 Å². The van der Waals surface area contributed by atoms with Crippen molar-refractivity contribution in [2.45, 2.75) is 31.4 Å². The van der Waals surface area contributed by atoms with Crippen LogP contribution in [0, 0.1) is 12.7 Å². The van der Waals surface area contributed by atoms with Crippen LogP contribution in [0.5, 0.6) is 0 Å². The molecule has 0 radical (unpaired) electrons. The predicted octanol–water partition coefficient (Wildman–Crippen LogP) is 3.41. The Morgan fingerprint density at radius 1 is 1.20 bits per heavy atom. The molecule has 1 N–H and O–H groups in total. The van der Waals surface area contributed by atoms with Gasteiger partial charge in [0.2, 0.25) is 5.91 Å². The van der Waals surface area contributed by atoms with Gasteiger partial charge in [-0.2, -0.15) is 0 Å². The number of carbonyl (C=O) groups is 1. The number of sulfone groups is 1. The third-order valence-electron chi connectivity index (χ3n) is 3.99. The molecule has 134 valence electrons. The molecule has 0 saturated carbocycles. The van der Waals surface area contributed by atoms with Gasteiger partial charge in [0.15, 0.2) is 9.84 Å². The second-order valence-electron chi connectivity index (χ2n) is 5.83. The first-order valence-corrected chi connectivity index (χ1v) is 9.78. The highest BCUT2D eigenvalue weighted by Crippen LogP contribution is 2.21. The molecule has 0 fully saturated rings. The van der Waals surface area contributed by atoms with E-state index < -0.39 is 32.6 Å². The third-order valence-corrected chi connectivity index (χ3v) is 6.35. The van der Waals surface area contributed by atoms with E-state index >= 15 is 0 Å². The quantitative estimate of drug-likeness (QED) is 0.831. The highest BCUT2D eigenvalue weighted by Gasteiger charge is 2.28. The molecule has 2 rings (SSSR count). The van der Waals surface area contributed by atoms with Crippen LogP contribution in [0.25, 0.3) is 0 Å². The van der Waals surface area contributed by atoms with E-state index in [4.69, 9.17) is 11.6 Å². The van der Waals surface area contributed by atoms with Gasteiger partial charge in [0.25, 0.3) is 0 Å². The van der Waals surface area contributed by atoms with E-state index in [0.717, 1.165) is 23.3 Å². The minimum Gasteiger partial charge on any atom is -0.351 e. The lowest BCUT2D eigenvalue weighted by molar-refractivity contribution is -0.120. The number of aryl methyl sites for hydroxylation is 1. The van der Waals surface area contributed by atoms with E-state index in [1.165, 1.54) is 13.0 Å². The van der Waals surface area contributed by atoms with Crippen LogP contribution in [0.3, 0.4) is 0 Å². The van der Waals surface area contributed by atoms with Crippen LogP contribution >= 0.6 is 11.6 Å². The van der Waals surface area contributed by atoms with Gasteiger partial charge in [-0.25, -0.2) is 12.8 Å². The maximum Gasteiger partial charge on any atom is 0.238 e. The summed E-state index contributed by atoms with van der Waals surface area (Å²) in [5, 5.41) is 1.43. The summed E-state index contributed by atoms with van der Waals surface area (Å²) in [5.41, 5.74) is 2.19. The summed E-state index contributed by atoms with van der Waals surface area (Å²) in [5.74, 6) is -1.55. The van der Waals surface area contributed by atoms with E-state index in [-0.39, 0.29) is 17.1 Å². The van der Waals surface area contributed by atoms with Crippen molar-refractivity contribution < 1.29 is 17.6 Å². The summed E-state index contributed by atoms with van der Waals surface area (Å²) in [7, 11) is -3.78. The average molecular weight is 384 g/mol. The molecule has 0 heterocycles. The lowest BCUT2D eigenvalue weighted by Gasteiger charge is -2.15. The van der Waals surface area contributed by atoms with Gasteiger partial charge in [0.05, 0.1) is 5.75 Å². The van der Waals surface area contributed by atoms with Crippen LogP contribution < -0.4 is 5.32 Å². The molecule has 2 aromatic rings. The lowest BCUT2D eigenvalue weighted by atomic mass is 10.1. The fraction of sp³-hybridized carbons (Fsp3) is 0.278. The average Bonchev–Trinajstić information content (AvgIpc) is 2.55. The second kappa shape index (κ2) is 7.97. The van der Waals surface area contributed by atoms with Crippen molar-refractivity contribution in [3.63, 3.8) is 0 Å². The van der Waals surface area contributed by atoms with E-state index in [2.05, 4.69) is 5.32 Å². The summed E-state index contributed by atoms with van der Waals surface area (Å²) < 4.78 is 38.0. The zero-order chi connectivity index (χ0) is 18.6. The van der Waals surface area contributed by atoms with Gasteiger partial charge in [-0.1, -0.05) is 41.9 Å². The Morgan fingerprint density at radius 3 is 2.52 bits per heavy atom. The maximum absolute atomic E-state index is 13.1. The monoisotopic (exact) mass is 383 g/mol. The van der Waals surface area contributed by atoms with Gasteiger partial charge >= 0.3 is 0 Å². The Hall–Kier alpha value is -1.92. The van der Waals surface area contributed by atoms with Crippen molar-refractivity contribution in [3.05, 3.63) is 70.0 Å². The van der Waals surface area contributed by atoms with E-state index in [9.17, 15) is 17.6 Å². The molecule has 0 bridgehead atoms. The van der Waals surface area contributed by atoms with Gasteiger partial charge in [0.1, 0.15) is 11.1 Å². The van der Waals surface area contributed by atoms with Crippen LogP contribution in [0.15, 0.2) is 42.5 Å². The van der Waals surface area contributed by atoms with Crippen molar-refractivity contribution in [2.24, 2.45) is 0 Å². The Balaban J connectivity index is 2.05. The van der Waals surface area contributed by atoms with Gasteiger partial charge in [0, 0.05) is 11.6 Å². The smallest absolute Gasteiger partial charge is 0.238 e. The van der Waals surface area contributed by atoms with Crippen molar-refractivity contribution >= 4 is 27.3 Å². The summed E-state index contributed by atoms with van der Waals surface area (Å²) >= 11 is 5.87. The SMILES string of the molecule is Cc1ccccc1CNC(=O)C(C)S(=O)(=O)Cc1ccc(F)cc1Cl. The molecule has 4 nitrogen and oxygen atoms in total. The molecule has 1 amide bonds. The molecule has 0 aromatic heterocycles. The number of rotatable bonds is 6. The van der Waals surface area contributed by atoms with Crippen LogP contribution in [-0.4, -0.2) is 19.6 Å². The number of hydrogen-bond donors (Lipinski definition) is 1. The molecule has 0 spiro atoms. The van der Waals surface area contributed by atoms with Crippen molar-refractivity contribution in [3.8, 4) is 0 Å². The lowest BCUT2D eigenvalue weighted by Crippen LogP contribution is -2.38. The fourth-order valence-corrected chi connectivity index (χ4v) is 3.94. The molecule has 7 heteroatoms. The third kappa shape index (κ3) is 5.03. The predicted molar refractivity (Wildman–Crippen MR) is 96.5 cm³/mol. The van der Waals surface area contributed by atoms with Crippen molar-refractivity contribution in [1.29, 1.82) is 0 Å². The summed E-state index contributed by atoms with van der Waals surface area (Å²) in [4.78, 5) is 12.2. The number of carbonyl (C=O) groups excluding carboxylic acids is 1. The Labute approximate surface area is 151 Å². The Bertz CT molecular complexity index is 884. The molecular formula is C18H19ClFNO3S. The Kier molecular flexibility index (Phi) is 6.19. The molecule has 0 aliphatic carbocycles. The van der Waals surface area contributed by atoms with Crippen molar-refractivity contribution in [2.75, 3.05) is 0 Å². The topological polar surface area (TPSA) is 63.2 Å². The molecule has 0 saturated heterocycles. The number of benzene rings is 2. The first-order chi connectivity index (χ1) is 11.7. The zero-order valence-electron chi connectivity index (χ0n) is 13.9. The van der Waals surface area contributed by atoms with Gasteiger partial charge in [-0.15, -0.1) is 0 Å². The number of hydrogen-bond acceptors (Lipinski definition) is 3. The zero-order valence-corrected chi connectivity index (χ0v) is 15.5. The summed E-state index contributed by atoms with van der Waals surface area (Å²) in [6, 6.07) is 11.0.